The van der Waals surface area contributed by atoms with Crippen LogP contribution in [0.15, 0.2) is 0 Å². The molecule has 0 saturated heterocycles. The lowest BCUT2D eigenvalue weighted by molar-refractivity contribution is 0.110. The molecule has 0 heterocycles. The number of rotatable bonds is 9. The maximum atomic E-state index is 5.63. The van der Waals surface area contributed by atoms with Crippen LogP contribution in [0.2, 0.25) is 0 Å². The summed E-state index contributed by atoms with van der Waals surface area (Å²) in [5.74, 6) is 1.81. The average molecular weight is 227 g/mol. The highest BCUT2D eigenvalue weighted by Gasteiger charge is 2.24. The zero-order valence-electron chi connectivity index (χ0n) is 11.1. The van der Waals surface area contributed by atoms with Crippen LogP contribution >= 0.6 is 0 Å². The minimum atomic E-state index is 0.847. The second-order valence-corrected chi connectivity index (χ2v) is 5.01. The summed E-state index contributed by atoms with van der Waals surface area (Å²) < 4.78 is 5.63. The van der Waals surface area contributed by atoms with Crippen LogP contribution in [0.1, 0.15) is 52.4 Å². The van der Waals surface area contributed by atoms with Gasteiger partial charge in [0.25, 0.3) is 0 Å². The number of nitrogens with one attached hydrogen (secondary N) is 1. The van der Waals surface area contributed by atoms with E-state index in [0.717, 1.165) is 38.0 Å². The van der Waals surface area contributed by atoms with Gasteiger partial charge in [-0.05, 0) is 37.8 Å². The molecule has 1 N–H and O–H groups in total. The fraction of sp³-hybridized carbons (Fsp3) is 1.00. The maximum Gasteiger partial charge on any atom is 0.0469 e. The van der Waals surface area contributed by atoms with Crippen molar-refractivity contribution in [3.8, 4) is 0 Å². The van der Waals surface area contributed by atoms with Gasteiger partial charge < -0.3 is 10.1 Å². The Labute approximate surface area is 101 Å². The second-order valence-electron chi connectivity index (χ2n) is 5.01. The van der Waals surface area contributed by atoms with Crippen molar-refractivity contribution in [2.45, 2.75) is 52.4 Å². The third-order valence-corrected chi connectivity index (χ3v) is 3.70. The molecule has 1 saturated carbocycles. The van der Waals surface area contributed by atoms with Gasteiger partial charge in [-0.2, -0.15) is 0 Å². The first-order valence-corrected chi connectivity index (χ1v) is 7.16. The topological polar surface area (TPSA) is 21.3 Å². The molecule has 0 aromatic carbocycles. The van der Waals surface area contributed by atoms with Gasteiger partial charge in [-0.1, -0.05) is 39.5 Å². The van der Waals surface area contributed by atoms with Crippen LogP contribution < -0.4 is 5.32 Å². The molecule has 0 radical (unpaired) electrons. The fourth-order valence-corrected chi connectivity index (χ4v) is 2.74. The summed E-state index contributed by atoms with van der Waals surface area (Å²) in [7, 11) is 0. The van der Waals surface area contributed by atoms with Crippen LogP contribution in [0.5, 0.6) is 0 Å². The predicted molar refractivity (Wildman–Crippen MR) is 69.7 cm³/mol. The third kappa shape index (κ3) is 5.31. The van der Waals surface area contributed by atoms with Crippen molar-refractivity contribution in [3.63, 3.8) is 0 Å². The van der Waals surface area contributed by atoms with Crippen molar-refractivity contribution in [1.29, 1.82) is 0 Å². The molecule has 1 aliphatic carbocycles. The second kappa shape index (κ2) is 9.00. The van der Waals surface area contributed by atoms with Crippen LogP contribution in [0, 0.1) is 11.8 Å². The van der Waals surface area contributed by atoms with E-state index >= 15 is 0 Å². The number of hydrogen-bond acceptors (Lipinski definition) is 2. The van der Waals surface area contributed by atoms with Gasteiger partial charge in [0, 0.05) is 13.2 Å². The highest BCUT2D eigenvalue weighted by atomic mass is 16.5. The molecule has 0 bridgehead atoms. The standard InChI is InChI=1S/C14H29NO/c1-3-10-16-11-9-14(12-15-4-2)13-7-5-6-8-13/h13-15H,3-12H2,1-2H3. The molecule has 96 valence electrons. The highest BCUT2D eigenvalue weighted by molar-refractivity contribution is 4.77. The van der Waals surface area contributed by atoms with E-state index < -0.39 is 0 Å². The van der Waals surface area contributed by atoms with Crippen molar-refractivity contribution in [2.24, 2.45) is 11.8 Å². The van der Waals surface area contributed by atoms with E-state index in [0.29, 0.717) is 0 Å². The van der Waals surface area contributed by atoms with Crippen molar-refractivity contribution in [1.82, 2.24) is 5.32 Å². The molecule has 0 amide bonds. The predicted octanol–water partition coefficient (Wildman–Crippen LogP) is 3.22. The Morgan fingerprint density at radius 1 is 1.19 bits per heavy atom. The van der Waals surface area contributed by atoms with Gasteiger partial charge >= 0.3 is 0 Å². The average Bonchev–Trinajstić information content (AvgIpc) is 2.82. The van der Waals surface area contributed by atoms with Crippen molar-refractivity contribution < 1.29 is 4.74 Å². The Bertz CT molecular complexity index is 155. The quantitative estimate of drug-likeness (QED) is 0.611. The molecule has 1 rings (SSSR count). The molecule has 1 fully saturated rings. The van der Waals surface area contributed by atoms with E-state index in [1.54, 1.807) is 0 Å². The number of ether oxygens (including phenoxy) is 1. The third-order valence-electron chi connectivity index (χ3n) is 3.70. The zero-order chi connectivity index (χ0) is 11.6. The monoisotopic (exact) mass is 227 g/mol. The van der Waals surface area contributed by atoms with Gasteiger partial charge in [0.15, 0.2) is 0 Å². The van der Waals surface area contributed by atoms with E-state index in [4.69, 9.17) is 4.74 Å². The van der Waals surface area contributed by atoms with E-state index in [1.807, 2.05) is 0 Å². The van der Waals surface area contributed by atoms with Gasteiger partial charge in [-0.15, -0.1) is 0 Å². The fourth-order valence-electron chi connectivity index (χ4n) is 2.74. The summed E-state index contributed by atoms with van der Waals surface area (Å²) in [4.78, 5) is 0. The van der Waals surface area contributed by atoms with Crippen molar-refractivity contribution in [2.75, 3.05) is 26.3 Å². The van der Waals surface area contributed by atoms with Crippen LogP contribution in [-0.4, -0.2) is 26.3 Å². The number of hydrogen-bond donors (Lipinski definition) is 1. The van der Waals surface area contributed by atoms with Crippen LogP contribution in [0.25, 0.3) is 0 Å². The van der Waals surface area contributed by atoms with E-state index in [-0.39, 0.29) is 0 Å². The van der Waals surface area contributed by atoms with Crippen LogP contribution in [-0.2, 0) is 4.74 Å². The van der Waals surface area contributed by atoms with E-state index in [2.05, 4.69) is 19.2 Å². The molecule has 1 unspecified atom stereocenters. The van der Waals surface area contributed by atoms with Crippen molar-refractivity contribution >= 4 is 0 Å². The SMILES string of the molecule is CCCOCCC(CNCC)C1CCCC1. The first-order valence-electron chi connectivity index (χ1n) is 7.16. The Morgan fingerprint density at radius 2 is 1.94 bits per heavy atom. The van der Waals surface area contributed by atoms with E-state index in [1.165, 1.54) is 38.6 Å². The molecule has 1 aliphatic rings. The summed E-state index contributed by atoms with van der Waals surface area (Å²) >= 11 is 0. The minimum Gasteiger partial charge on any atom is -0.381 e. The smallest absolute Gasteiger partial charge is 0.0469 e. The van der Waals surface area contributed by atoms with Gasteiger partial charge in [0.1, 0.15) is 0 Å². The summed E-state index contributed by atoms with van der Waals surface area (Å²) in [5, 5.41) is 3.51. The summed E-state index contributed by atoms with van der Waals surface area (Å²) in [5.41, 5.74) is 0. The summed E-state index contributed by atoms with van der Waals surface area (Å²) in [6, 6.07) is 0. The lowest BCUT2D eigenvalue weighted by Gasteiger charge is -2.23. The summed E-state index contributed by atoms with van der Waals surface area (Å²) in [6.07, 6.45) is 8.18. The molecule has 1 atom stereocenters. The lowest BCUT2D eigenvalue weighted by atomic mass is 9.88. The van der Waals surface area contributed by atoms with Gasteiger partial charge in [0.2, 0.25) is 0 Å². The Hall–Kier alpha value is -0.0800. The molecule has 0 aromatic rings. The van der Waals surface area contributed by atoms with Gasteiger partial charge in [0.05, 0.1) is 0 Å². The van der Waals surface area contributed by atoms with Gasteiger partial charge in [-0.25, -0.2) is 0 Å². The molecule has 2 nitrogen and oxygen atoms in total. The first kappa shape index (κ1) is 14.0. The summed E-state index contributed by atoms with van der Waals surface area (Å²) in [6.45, 7) is 8.54. The van der Waals surface area contributed by atoms with Crippen LogP contribution in [0.4, 0.5) is 0 Å². The first-order chi connectivity index (χ1) is 7.88. The molecular weight excluding hydrogens is 198 g/mol. The Kier molecular flexibility index (Phi) is 7.87. The normalized spacial score (nSPS) is 19.1. The zero-order valence-corrected chi connectivity index (χ0v) is 11.1. The minimum absolute atomic E-state index is 0.847. The molecular formula is C14H29NO. The lowest BCUT2D eigenvalue weighted by Crippen LogP contribution is -2.28. The van der Waals surface area contributed by atoms with Gasteiger partial charge in [-0.3, -0.25) is 0 Å². The van der Waals surface area contributed by atoms with E-state index in [9.17, 15) is 0 Å². The Morgan fingerprint density at radius 3 is 2.56 bits per heavy atom. The molecule has 2 heteroatoms. The molecule has 16 heavy (non-hydrogen) atoms. The molecule has 0 aliphatic heterocycles. The van der Waals surface area contributed by atoms with Crippen molar-refractivity contribution in [3.05, 3.63) is 0 Å². The molecule has 0 spiro atoms. The Balaban J connectivity index is 2.19. The largest absolute Gasteiger partial charge is 0.381 e. The molecule has 0 aromatic heterocycles. The van der Waals surface area contributed by atoms with Crippen LogP contribution in [0.3, 0.4) is 0 Å². The maximum absolute atomic E-state index is 5.63. The highest BCUT2D eigenvalue weighted by Crippen LogP contribution is 2.32.